The molecule has 1 amide bonds. The van der Waals surface area contributed by atoms with E-state index >= 15 is 0 Å². The smallest absolute Gasteiger partial charge is 0.237 e. The average molecular weight is 168 g/mol. The molecule has 0 bridgehead atoms. The highest BCUT2D eigenvalue weighted by atomic mass is 16.1. The fourth-order valence-electron chi connectivity index (χ4n) is 2.54. The summed E-state index contributed by atoms with van der Waals surface area (Å²) in [4.78, 5) is 10.9. The molecule has 0 saturated heterocycles. The summed E-state index contributed by atoms with van der Waals surface area (Å²) in [6, 6.07) is 0. The van der Waals surface area contributed by atoms with Crippen LogP contribution in [0, 0.1) is 11.8 Å². The van der Waals surface area contributed by atoms with E-state index in [-0.39, 0.29) is 5.91 Å². The van der Waals surface area contributed by atoms with Crippen LogP contribution in [0.4, 0.5) is 0 Å². The first-order valence-corrected chi connectivity index (χ1v) is 4.73. The largest absolute Gasteiger partial charge is 0.368 e. The first-order valence-electron chi connectivity index (χ1n) is 4.73. The minimum absolute atomic E-state index is 0.306. The Balaban J connectivity index is 1.97. The minimum Gasteiger partial charge on any atom is -0.368 e. The van der Waals surface area contributed by atoms with Gasteiger partial charge in [-0.3, -0.25) is 4.79 Å². The molecule has 12 heavy (non-hydrogen) atoms. The molecule has 0 aromatic rings. The van der Waals surface area contributed by atoms with Gasteiger partial charge in [0.15, 0.2) is 0 Å². The van der Waals surface area contributed by atoms with Crippen molar-refractivity contribution in [1.29, 1.82) is 0 Å². The second kappa shape index (κ2) is 2.46. The standard InChI is InChI=1S/C9H16N2O/c10-8(12)9(11)5-7(9)6-3-1-2-4-6/h6-7H,1-5,11H2,(H2,10,12). The van der Waals surface area contributed by atoms with E-state index in [0.717, 1.165) is 6.42 Å². The molecule has 0 aromatic heterocycles. The van der Waals surface area contributed by atoms with Gasteiger partial charge in [0.05, 0.1) is 5.54 Å². The molecule has 2 rings (SSSR count). The molecule has 0 heterocycles. The fraction of sp³-hybridized carbons (Fsp3) is 0.889. The fourth-order valence-corrected chi connectivity index (χ4v) is 2.54. The summed E-state index contributed by atoms with van der Waals surface area (Å²) in [6.45, 7) is 0. The van der Waals surface area contributed by atoms with E-state index in [4.69, 9.17) is 11.5 Å². The summed E-state index contributed by atoms with van der Waals surface area (Å²) < 4.78 is 0. The van der Waals surface area contributed by atoms with Gasteiger partial charge >= 0.3 is 0 Å². The highest BCUT2D eigenvalue weighted by Crippen LogP contribution is 2.51. The second-order valence-corrected chi connectivity index (χ2v) is 4.26. The van der Waals surface area contributed by atoms with E-state index in [1.165, 1.54) is 25.7 Å². The third-order valence-corrected chi connectivity index (χ3v) is 3.49. The molecule has 0 aromatic carbocycles. The molecule has 2 unspecified atom stereocenters. The van der Waals surface area contributed by atoms with E-state index in [2.05, 4.69) is 0 Å². The van der Waals surface area contributed by atoms with Gasteiger partial charge in [0.2, 0.25) is 5.91 Å². The van der Waals surface area contributed by atoms with Crippen LogP contribution < -0.4 is 11.5 Å². The number of primary amides is 1. The minimum atomic E-state index is -0.630. The van der Waals surface area contributed by atoms with Gasteiger partial charge in [-0.2, -0.15) is 0 Å². The molecule has 3 heteroatoms. The Morgan fingerprint density at radius 3 is 2.33 bits per heavy atom. The monoisotopic (exact) mass is 168 g/mol. The molecule has 2 aliphatic carbocycles. The van der Waals surface area contributed by atoms with Crippen molar-refractivity contribution in [2.24, 2.45) is 23.3 Å². The lowest BCUT2D eigenvalue weighted by atomic mass is 9.98. The maximum absolute atomic E-state index is 10.9. The number of carbonyl (C=O) groups is 1. The third kappa shape index (κ3) is 1.04. The summed E-state index contributed by atoms with van der Waals surface area (Å²) in [7, 11) is 0. The Morgan fingerprint density at radius 1 is 1.33 bits per heavy atom. The van der Waals surface area contributed by atoms with Gasteiger partial charge in [0.25, 0.3) is 0 Å². The molecule has 2 saturated carbocycles. The summed E-state index contributed by atoms with van der Waals surface area (Å²) in [6.07, 6.45) is 5.92. The van der Waals surface area contributed by atoms with Gasteiger partial charge in [0, 0.05) is 0 Å². The van der Waals surface area contributed by atoms with Gasteiger partial charge in [-0.05, 0) is 18.3 Å². The molecule has 2 aliphatic rings. The molecular weight excluding hydrogens is 152 g/mol. The van der Waals surface area contributed by atoms with Gasteiger partial charge in [-0.15, -0.1) is 0 Å². The van der Waals surface area contributed by atoms with Crippen molar-refractivity contribution in [3.05, 3.63) is 0 Å². The molecule has 0 aliphatic heterocycles. The molecule has 0 radical (unpaired) electrons. The molecule has 2 atom stereocenters. The predicted molar refractivity (Wildman–Crippen MR) is 46.2 cm³/mol. The van der Waals surface area contributed by atoms with Crippen LogP contribution in [0.3, 0.4) is 0 Å². The Kier molecular flexibility index (Phi) is 1.65. The lowest BCUT2D eigenvalue weighted by molar-refractivity contribution is -0.120. The van der Waals surface area contributed by atoms with E-state index in [1.54, 1.807) is 0 Å². The van der Waals surface area contributed by atoms with Crippen LogP contribution in [0.2, 0.25) is 0 Å². The van der Waals surface area contributed by atoms with Crippen molar-refractivity contribution in [3.63, 3.8) is 0 Å². The zero-order chi connectivity index (χ0) is 8.77. The zero-order valence-electron chi connectivity index (χ0n) is 7.25. The summed E-state index contributed by atoms with van der Waals surface area (Å²) in [5.74, 6) is 0.777. The highest BCUT2D eigenvalue weighted by Gasteiger charge is 2.59. The van der Waals surface area contributed by atoms with Crippen LogP contribution >= 0.6 is 0 Å². The van der Waals surface area contributed by atoms with Gasteiger partial charge in [-0.25, -0.2) is 0 Å². The maximum atomic E-state index is 10.9. The predicted octanol–water partition coefficient (Wildman–Crippen LogP) is 0.379. The maximum Gasteiger partial charge on any atom is 0.237 e. The first-order chi connectivity index (χ1) is 5.64. The molecule has 3 nitrogen and oxygen atoms in total. The van der Waals surface area contributed by atoms with Crippen LogP contribution in [-0.4, -0.2) is 11.4 Å². The number of hydrogen-bond donors (Lipinski definition) is 2. The first kappa shape index (κ1) is 8.05. The van der Waals surface area contributed by atoms with Crippen LogP contribution in [0.15, 0.2) is 0 Å². The average Bonchev–Trinajstić information content (AvgIpc) is 2.49. The van der Waals surface area contributed by atoms with Crippen molar-refractivity contribution in [2.75, 3.05) is 0 Å². The van der Waals surface area contributed by atoms with Crippen molar-refractivity contribution in [2.45, 2.75) is 37.6 Å². The van der Waals surface area contributed by atoms with E-state index in [0.29, 0.717) is 11.8 Å². The van der Waals surface area contributed by atoms with E-state index in [1.807, 2.05) is 0 Å². The second-order valence-electron chi connectivity index (χ2n) is 4.26. The lowest BCUT2D eigenvalue weighted by Gasteiger charge is -2.11. The molecule has 2 fully saturated rings. The number of hydrogen-bond acceptors (Lipinski definition) is 2. The Hall–Kier alpha value is -0.570. The molecule has 0 spiro atoms. The van der Waals surface area contributed by atoms with Crippen molar-refractivity contribution in [3.8, 4) is 0 Å². The van der Waals surface area contributed by atoms with E-state index < -0.39 is 5.54 Å². The SMILES string of the molecule is NC(=O)C1(N)CC1C1CCCC1. The Bertz CT molecular complexity index is 211. The summed E-state index contributed by atoms with van der Waals surface area (Å²) in [5, 5.41) is 0. The summed E-state index contributed by atoms with van der Waals surface area (Å²) >= 11 is 0. The lowest BCUT2D eigenvalue weighted by Crippen LogP contribution is -2.41. The molecular formula is C9H16N2O. The Morgan fingerprint density at radius 2 is 1.92 bits per heavy atom. The third-order valence-electron chi connectivity index (χ3n) is 3.49. The number of carbonyl (C=O) groups excluding carboxylic acids is 1. The van der Waals surface area contributed by atoms with Gasteiger partial charge in [0.1, 0.15) is 0 Å². The number of nitrogens with two attached hydrogens (primary N) is 2. The molecule has 4 N–H and O–H groups in total. The number of rotatable bonds is 2. The van der Waals surface area contributed by atoms with Crippen molar-refractivity contribution < 1.29 is 4.79 Å². The zero-order valence-corrected chi connectivity index (χ0v) is 7.25. The quantitative estimate of drug-likeness (QED) is 0.625. The van der Waals surface area contributed by atoms with Crippen molar-refractivity contribution in [1.82, 2.24) is 0 Å². The number of amides is 1. The van der Waals surface area contributed by atoms with Crippen LogP contribution in [0.5, 0.6) is 0 Å². The Labute approximate surface area is 72.5 Å². The topological polar surface area (TPSA) is 69.1 Å². The van der Waals surface area contributed by atoms with Gasteiger partial charge in [-0.1, -0.05) is 25.7 Å². The van der Waals surface area contributed by atoms with E-state index in [9.17, 15) is 4.79 Å². The van der Waals surface area contributed by atoms with Crippen molar-refractivity contribution >= 4 is 5.91 Å². The van der Waals surface area contributed by atoms with Crippen LogP contribution in [-0.2, 0) is 4.79 Å². The summed E-state index contributed by atoms with van der Waals surface area (Å²) in [5.41, 5.74) is 10.4. The molecule has 68 valence electrons. The normalized spacial score (nSPS) is 41.6. The van der Waals surface area contributed by atoms with Crippen LogP contribution in [0.25, 0.3) is 0 Å². The van der Waals surface area contributed by atoms with Gasteiger partial charge < -0.3 is 11.5 Å². The highest BCUT2D eigenvalue weighted by molar-refractivity contribution is 5.88. The van der Waals surface area contributed by atoms with Crippen LogP contribution in [0.1, 0.15) is 32.1 Å².